The fraction of sp³-hybridized carbons (Fsp3) is 0.167. The van der Waals surface area contributed by atoms with E-state index in [0.29, 0.717) is 17.9 Å². The smallest absolute Gasteiger partial charge is 0.266 e. The van der Waals surface area contributed by atoms with Crippen LogP contribution < -0.4 is 15.6 Å². The number of methoxy groups -OCH3 is 1. The summed E-state index contributed by atoms with van der Waals surface area (Å²) in [4.78, 5) is 25.2. The molecule has 0 saturated heterocycles. The van der Waals surface area contributed by atoms with Gasteiger partial charge < -0.3 is 10.1 Å². The van der Waals surface area contributed by atoms with Crippen LogP contribution in [0.25, 0.3) is 10.6 Å². The molecule has 0 aliphatic rings. The third kappa shape index (κ3) is 3.95. The molecule has 0 spiro atoms. The van der Waals surface area contributed by atoms with E-state index in [1.54, 1.807) is 41.7 Å². The minimum atomic E-state index is -0.250. The Bertz CT molecular complexity index is 919. The van der Waals surface area contributed by atoms with Crippen molar-refractivity contribution in [2.75, 3.05) is 13.7 Å². The van der Waals surface area contributed by atoms with Crippen molar-refractivity contribution in [3.63, 3.8) is 0 Å². The Balaban J connectivity index is 1.67. The summed E-state index contributed by atoms with van der Waals surface area (Å²) >= 11 is 1.56. The minimum absolute atomic E-state index is 0.202. The molecule has 0 fully saturated rings. The van der Waals surface area contributed by atoms with Crippen LogP contribution in [-0.2, 0) is 6.54 Å². The topological polar surface area (TPSA) is 73.2 Å². The first-order valence-corrected chi connectivity index (χ1v) is 8.60. The molecule has 0 radical (unpaired) electrons. The van der Waals surface area contributed by atoms with E-state index in [4.69, 9.17) is 4.74 Å². The molecule has 1 N–H and O–H groups in total. The van der Waals surface area contributed by atoms with Crippen molar-refractivity contribution in [3.8, 4) is 16.3 Å². The molecule has 2 aromatic heterocycles. The predicted octanol–water partition coefficient (Wildman–Crippen LogP) is 2.41. The summed E-state index contributed by atoms with van der Waals surface area (Å²) in [6.07, 6.45) is 0. The highest BCUT2D eigenvalue weighted by molar-refractivity contribution is 7.13. The molecule has 0 atom stereocenters. The van der Waals surface area contributed by atoms with E-state index < -0.39 is 0 Å². The van der Waals surface area contributed by atoms with E-state index in [1.165, 1.54) is 17.9 Å². The number of benzene rings is 1. The molecule has 6 nitrogen and oxygen atoms in total. The average molecular weight is 355 g/mol. The number of nitrogens with one attached hydrogen (secondary N) is 1. The number of ether oxygens (including phenoxy) is 1. The van der Waals surface area contributed by atoms with Gasteiger partial charge in [-0.2, -0.15) is 5.10 Å². The Morgan fingerprint density at radius 1 is 1.20 bits per heavy atom. The van der Waals surface area contributed by atoms with Crippen LogP contribution in [0.5, 0.6) is 5.75 Å². The fourth-order valence-corrected chi connectivity index (χ4v) is 3.06. The molecule has 0 aliphatic heterocycles. The Labute approximate surface area is 148 Å². The molecule has 3 rings (SSSR count). The molecule has 2 heterocycles. The molecule has 25 heavy (non-hydrogen) atoms. The Kier molecular flexibility index (Phi) is 5.25. The first-order valence-electron chi connectivity index (χ1n) is 7.72. The van der Waals surface area contributed by atoms with Gasteiger partial charge in [-0.05, 0) is 29.6 Å². The number of amides is 1. The highest BCUT2D eigenvalue weighted by Crippen LogP contribution is 2.21. The summed E-state index contributed by atoms with van der Waals surface area (Å²) in [5.41, 5.74) is 0.996. The van der Waals surface area contributed by atoms with Crippen molar-refractivity contribution in [2.24, 2.45) is 0 Å². The van der Waals surface area contributed by atoms with Crippen LogP contribution in [0.1, 0.15) is 10.4 Å². The highest BCUT2D eigenvalue weighted by atomic mass is 32.1. The molecule has 128 valence electrons. The molecule has 1 aromatic carbocycles. The van der Waals surface area contributed by atoms with Crippen molar-refractivity contribution in [1.82, 2.24) is 15.1 Å². The third-order valence-corrected chi connectivity index (χ3v) is 4.49. The number of hydrogen-bond acceptors (Lipinski definition) is 5. The molecular formula is C18H17N3O3S. The summed E-state index contributed by atoms with van der Waals surface area (Å²) in [6.45, 7) is 0.580. The van der Waals surface area contributed by atoms with E-state index >= 15 is 0 Å². The lowest BCUT2D eigenvalue weighted by molar-refractivity contribution is 0.0948. The standard InChI is InChI=1S/C18H17N3O3S/c1-24-15-6-3-2-5-13(15)18(23)19-10-11-21-17(22)9-8-14(20-21)16-7-4-12-25-16/h2-9,12H,10-11H2,1H3,(H,19,23). The van der Waals surface area contributed by atoms with Crippen molar-refractivity contribution >= 4 is 17.2 Å². The number of nitrogens with zero attached hydrogens (tertiary/aromatic N) is 2. The van der Waals surface area contributed by atoms with Crippen LogP contribution in [0.3, 0.4) is 0 Å². The second kappa shape index (κ2) is 7.76. The highest BCUT2D eigenvalue weighted by Gasteiger charge is 2.11. The van der Waals surface area contributed by atoms with Crippen LogP contribution >= 0.6 is 11.3 Å². The summed E-state index contributed by atoms with van der Waals surface area (Å²) in [5, 5.41) is 9.10. The van der Waals surface area contributed by atoms with Gasteiger partial charge >= 0.3 is 0 Å². The molecule has 0 saturated carbocycles. The number of hydrogen-bond donors (Lipinski definition) is 1. The number of rotatable bonds is 6. The van der Waals surface area contributed by atoms with Gasteiger partial charge in [0.2, 0.25) is 0 Å². The Morgan fingerprint density at radius 2 is 2.04 bits per heavy atom. The van der Waals surface area contributed by atoms with Crippen LogP contribution in [0.2, 0.25) is 0 Å². The molecule has 0 aliphatic carbocycles. The summed E-state index contributed by atoms with van der Waals surface area (Å²) in [7, 11) is 1.52. The van der Waals surface area contributed by atoms with Crippen molar-refractivity contribution in [2.45, 2.75) is 6.54 Å². The third-order valence-electron chi connectivity index (χ3n) is 3.60. The lowest BCUT2D eigenvalue weighted by Gasteiger charge is -2.10. The first-order chi connectivity index (χ1) is 12.2. The molecule has 7 heteroatoms. The lowest BCUT2D eigenvalue weighted by atomic mass is 10.2. The molecule has 3 aromatic rings. The summed E-state index contributed by atoms with van der Waals surface area (Å²) in [6, 6.07) is 14.1. The van der Waals surface area contributed by atoms with Crippen molar-refractivity contribution in [1.29, 1.82) is 0 Å². The van der Waals surface area contributed by atoms with E-state index in [-0.39, 0.29) is 18.0 Å². The molecule has 0 bridgehead atoms. The van der Waals surface area contributed by atoms with E-state index in [2.05, 4.69) is 10.4 Å². The maximum absolute atomic E-state index is 12.3. The summed E-state index contributed by atoms with van der Waals surface area (Å²) < 4.78 is 6.54. The Hall–Kier alpha value is -2.93. The van der Waals surface area contributed by atoms with Gasteiger partial charge in [-0.15, -0.1) is 11.3 Å². The van der Waals surface area contributed by atoms with Gasteiger partial charge in [-0.3, -0.25) is 9.59 Å². The molecule has 1 amide bonds. The maximum atomic E-state index is 12.3. The zero-order chi connectivity index (χ0) is 17.6. The van der Waals surface area contributed by atoms with E-state index in [0.717, 1.165) is 10.6 Å². The van der Waals surface area contributed by atoms with Crippen LogP contribution in [0, 0.1) is 0 Å². The normalized spacial score (nSPS) is 10.4. The van der Waals surface area contributed by atoms with Crippen LogP contribution in [0.4, 0.5) is 0 Å². The van der Waals surface area contributed by atoms with Gasteiger partial charge in [0.05, 0.1) is 24.1 Å². The number of carbonyl (C=O) groups excluding carboxylic acids is 1. The van der Waals surface area contributed by atoms with Crippen molar-refractivity contribution in [3.05, 3.63) is 69.8 Å². The number of aromatic nitrogens is 2. The number of thiophene rings is 1. The van der Waals surface area contributed by atoms with Crippen molar-refractivity contribution < 1.29 is 9.53 Å². The molecule has 0 unspecified atom stereocenters. The second-order valence-electron chi connectivity index (χ2n) is 5.21. The van der Waals surface area contributed by atoms with Gasteiger partial charge in [0.1, 0.15) is 11.4 Å². The van der Waals surface area contributed by atoms with E-state index in [9.17, 15) is 9.59 Å². The fourth-order valence-electron chi connectivity index (χ4n) is 2.37. The monoisotopic (exact) mass is 355 g/mol. The van der Waals surface area contributed by atoms with Gasteiger partial charge in [-0.25, -0.2) is 4.68 Å². The van der Waals surface area contributed by atoms with Crippen LogP contribution in [0.15, 0.2) is 58.7 Å². The average Bonchev–Trinajstić information content (AvgIpc) is 3.17. The zero-order valence-electron chi connectivity index (χ0n) is 13.6. The first kappa shape index (κ1) is 16.9. The lowest BCUT2D eigenvalue weighted by Crippen LogP contribution is -2.32. The Morgan fingerprint density at radius 3 is 2.80 bits per heavy atom. The predicted molar refractivity (Wildman–Crippen MR) is 97.1 cm³/mol. The number of para-hydroxylation sites is 1. The van der Waals surface area contributed by atoms with Crippen LogP contribution in [-0.4, -0.2) is 29.3 Å². The minimum Gasteiger partial charge on any atom is -0.496 e. The van der Waals surface area contributed by atoms with Gasteiger partial charge in [-0.1, -0.05) is 18.2 Å². The maximum Gasteiger partial charge on any atom is 0.266 e. The van der Waals surface area contributed by atoms with E-state index in [1.807, 2.05) is 17.5 Å². The quantitative estimate of drug-likeness (QED) is 0.737. The van der Waals surface area contributed by atoms with Gasteiger partial charge in [0.25, 0.3) is 11.5 Å². The largest absolute Gasteiger partial charge is 0.496 e. The van der Waals surface area contributed by atoms with Gasteiger partial charge in [0.15, 0.2) is 0 Å². The molecular weight excluding hydrogens is 338 g/mol. The number of carbonyl (C=O) groups is 1. The zero-order valence-corrected chi connectivity index (χ0v) is 14.5. The second-order valence-corrected chi connectivity index (χ2v) is 6.16. The SMILES string of the molecule is COc1ccccc1C(=O)NCCn1nc(-c2cccs2)ccc1=O. The summed E-state index contributed by atoms with van der Waals surface area (Å²) in [5.74, 6) is 0.259. The van der Waals surface area contributed by atoms with Gasteiger partial charge in [0, 0.05) is 12.6 Å².